The van der Waals surface area contributed by atoms with E-state index in [0.29, 0.717) is 35.8 Å². The predicted octanol–water partition coefficient (Wildman–Crippen LogP) is 3.70. The van der Waals surface area contributed by atoms with Crippen molar-refractivity contribution in [3.8, 4) is 0 Å². The molecule has 0 spiro atoms. The Morgan fingerprint density at radius 1 is 1.07 bits per heavy atom. The van der Waals surface area contributed by atoms with Crippen LogP contribution in [0.5, 0.6) is 0 Å². The van der Waals surface area contributed by atoms with E-state index >= 15 is 0 Å². The first-order valence-electron chi connectivity index (χ1n) is 9.34. The van der Waals surface area contributed by atoms with Crippen LogP contribution in [-0.4, -0.2) is 37.6 Å². The second-order valence-corrected chi connectivity index (χ2v) is 6.65. The Bertz CT molecular complexity index is 1160. The summed E-state index contributed by atoms with van der Waals surface area (Å²) in [4.78, 5) is 12.7. The number of aromatic nitrogens is 4. The predicted molar refractivity (Wildman–Crippen MR) is 107 cm³/mol. The Kier molecular flexibility index (Phi) is 5.40. The lowest BCUT2D eigenvalue weighted by Gasteiger charge is -2.16. The Morgan fingerprint density at radius 3 is 2.67 bits per heavy atom. The molecular formula is C20H19F3N6O. The lowest BCUT2D eigenvalue weighted by Crippen LogP contribution is -2.14. The number of nitrogens with zero attached hydrogens (tertiary/aromatic N) is 4. The van der Waals surface area contributed by atoms with Gasteiger partial charge < -0.3 is 15.7 Å². The van der Waals surface area contributed by atoms with Gasteiger partial charge in [0.15, 0.2) is 11.5 Å². The largest absolute Gasteiger partial charge is 0.416 e. The fraction of sp³-hybridized carbons (Fsp3) is 0.250. The third-order valence-corrected chi connectivity index (χ3v) is 4.60. The van der Waals surface area contributed by atoms with Crippen molar-refractivity contribution in [2.75, 3.05) is 23.8 Å². The maximum atomic E-state index is 13.8. The number of aliphatic hydroxyl groups is 1. The summed E-state index contributed by atoms with van der Waals surface area (Å²) in [7, 11) is 0. The zero-order valence-electron chi connectivity index (χ0n) is 15.8. The highest BCUT2D eigenvalue weighted by atomic mass is 19.4. The topological polar surface area (TPSA) is 87.4 Å². The number of halogens is 3. The number of pyridine rings is 1. The fourth-order valence-electron chi connectivity index (χ4n) is 3.21. The van der Waals surface area contributed by atoms with Crippen molar-refractivity contribution in [1.82, 2.24) is 19.4 Å². The van der Waals surface area contributed by atoms with Gasteiger partial charge in [0.05, 0.1) is 16.6 Å². The van der Waals surface area contributed by atoms with Gasteiger partial charge in [-0.25, -0.2) is 15.0 Å². The summed E-state index contributed by atoms with van der Waals surface area (Å²) in [6, 6.07) is 7.71. The molecule has 0 aliphatic carbocycles. The molecule has 0 saturated heterocycles. The van der Waals surface area contributed by atoms with Crippen LogP contribution in [0.4, 0.5) is 24.8 Å². The van der Waals surface area contributed by atoms with E-state index in [1.54, 1.807) is 41.2 Å². The molecule has 3 N–H and O–H groups in total. The molecule has 3 heterocycles. The quantitative estimate of drug-likeness (QED) is 0.398. The zero-order chi connectivity index (χ0) is 21.1. The Morgan fingerprint density at radius 2 is 1.93 bits per heavy atom. The van der Waals surface area contributed by atoms with Crippen LogP contribution in [0.15, 0.2) is 48.9 Å². The number of nitrogens with one attached hydrogen (secondary N) is 2. The molecule has 0 atom stereocenters. The molecule has 156 valence electrons. The van der Waals surface area contributed by atoms with Gasteiger partial charge in [-0.15, -0.1) is 0 Å². The molecule has 0 unspecified atom stereocenters. The molecule has 10 heteroatoms. The molecule has 0 radical (unpaired) electrons. The number of alkyl halides is 3. The molecule has 4 aromatic rings. The summed E-state index contributed by atoms with van der Waals surface area (Å²) in [5.74, 6) is 0.855. The maximum absolute atomic E-state index is 13.8. The van der Waals surface area contributed by atoms with E-state index in [9.17, 15) is 13.2 Å². The number of aliphatic hydroxyl groups excluding tert-OH is 1. The van der Waals surface area contributed by atoms with Gasteiger partial charge >= 0.3 is 6.18 Å². The van der Waals surface area contributed by atoms with Crippen molar-refractivity contribution >= 4 is 28.3 Å². The zero-order valence-corrected chi connectivity index (χ0v) is 15.8. The Hall–Kier alpha value is -3.40. The van der Waals surface area contributed by atoms with Crippen LogP contribution in [0.1, 0.15) is 17.5 Å². The van der Waals surface area contributed by atoms with Crippen LogP contribution >= 0.6 is 0 Å². The molecule has 0 fully saturated rings. The van der Waals surface area contributed by atoms with Crippen molar-refractivity contribution in [3.63, 3.8) is 0 Å². The average Bonchev–Trinajstić information content (AvgIpc) is 3.22. The van der Waals surface area contributed by atoms with Crippen LogP contribution in [0.2, 0.25) is 0 Å². The van der Waals surface area contributed by atoms with Crippen molar-refractivity contribution in [2.45, 2.75) is 19.1 Å². The number of rotatable bonds is 7. The van der Waals surface area contributed by atoms with Gasteiger partial charge in [0.25, 0.3) is 0 Å². The molecule has 7 nitrogen and oxygen atoms in total. The average molecular weight is 416 g/mol. The molecule has 0 aliphatic rings. The monoisotopic (exact) mass is 416 g/mol. The highest BCUT2D eigenvalue weighted by Gasteiger charge is 2.34. The van der Waals surface area contributed by atoms with Gasteiger partial charge in [-0.1, -0.05) is 6.07 Å². The van der Waals surface area contributed by atoms with Gasteiger partial charge in [0.2, 0.25) is 0 Å². The van der Waals surface area contributed by atoms with Crippen LogP contribution in [0, 0.1) is 0 Å². The van der Waals surface area contributed by atoms with Crippen LogP contribution in [-0.2, 0) is 12.7 Å². The SMILES string of the molecule is OCCCNc1nc2cc(C(F)(F)F)c(CNc3ccccn3)cc2n2ccnc12. The van der Waals surface area contributed by atoms with E-state index in [4.69, 9.17) is 5.11 Å². The third-order valence-electron chi connectivity index (χ3n) is 4.60. The van der Waals surface area contributed by atoms with Crippen molar-refractivity contribution in [1.29, 1.82) is 0 Å². The number of hydrogen-bond acceptors (Lipinski definition) is 6. The molecule has 0 aliphatic heterocycles. The van der Waals surface area contributed by atoms with Gasteiger partial charge in [-0.05, 0) is 36.2 Å². The standard InChI is InChI=1S/C20H19F3N6O/c21-20(22,23)14-11-15-16(10-13(14)12-27-17-4-1-2-5-24-17)29-8-7-26-19(29)18(28-15)25-6-3-9-30/h1-2,4-5,7-8,10-11,30H,3,6,9,12H2,(H,24,27)(H,25,28). The first-order chi connectivity index (χ1) is 14.5. The van der Waals surface area contributed by atoms with Crippen molar-refractivity contribution in [2.24, 2.45) is 0 Å². The van der Waals surface area contributed by atoms with E-state index in [1.165, 1.54) is 6.07 Å². The van der Waals surface area contributed by atoms with Crippen LogP contribution < -0.4 is 10.6 Å². The normalized spacial score (nSPS) is 11.9. The molecular weight excluding hydrogens is 397 g/mol. The molecule has 1 aromatic carbocycles. The highest BCUT2D eigenvalue weighted by Crippen LogP contribution is 2.35. The highest BCUT2D eigenvalue weighted by molar-refractivity contribution is 5.84. The molecule has 0 bridgehead atoms. The first-order valence-corrected chi connectivity index (χ1v) is 9.34. The molecule has 4 rings (SSSR count). The van der Waals surface area contributed by atoms with E-state index in [1.807, 2.05) is 0 Å². The van der Waals surface area contributed by atoms with E-state index in [2.05, 4.69) is 25.6 Å². The number of hydrogen-bond donors (Lipinski definition) is 3. The van der Waals surface area contributed by atoms with Gasteiger partial charge in [-0.2, -0.15) is 13.2 Å². The first kappa shape index (κ1) is 19.9. The van der Waals surface area contributed by atoms with Crippen LogP contribution in [0.25, 0.3) is 16.7 Å². The third kappa shape index (κ3) is 3.99. The summed E-state index contributed by atoms with van der Waals surface area (Å²) >= 11 is 0. The minimum atomic E-state index is -4.54. The fourth-order valence-corrected chi connectivity index (χ4v) is 3.21. The summed E-state index contributed by atoms with van der Waals surface area (Å²) in [5, 5.41) is 14.9. The second kappa shape index (κ2) is 8.15. The van der Waals surface area contributed by atoms with Gasteiger partial charge in [0.1, 0.15) is 5.82 Å². The van der Waals surface area contributed by atoms with E-state index in [0.717, 1.165) is 6.07 Å². The van der Waals surface area contributed by atoms with Crippen LogP contribution in [0.3, 0.4) is 0 Å². The summed E-state index contributed by atoms with van der Waals surface area (Å²) in [6.45, 7) is 0.375. The van der Waals surface area contributed by atoms with E-state index < -0.39 is 11.7 Å². The smallest absolute Gasteiger partial charge is 0.396 e. The minimum absolute atomic E-state index is 0.00381. The summed E-state index contributed by atoms with van der Waals surface area (Å²) < 4.78 is 43.0. The Labute approximate surface area is 169 Å². The number of benzene rings is 1. The van der Waals surface area contributed by atoms with Gasteiger partial charge in [-0.3, -0.25) is 4.40 Å². The number of anilines is 2. The van der Waals surface area contributed by atoms with Gasteiger partial charge in [0, 0.05) is 38.3 Å². The summed E-state index contributed by atoms with van der Waals surface area (Å²) in [5.41, 5.74) is 0.538. The number of fused-ring (bicyclic) bond motifs is 3. The summed E-state index contributed by atoms with van der Waals surface area (Å²) in [6.07, 6.45) is 0.762. The second-order valence-electron chi connectivity index (χ2n) is 6.65. The lowest BCUT2D eigenvalue weighted by atomic mass is 10.0. The molecule has 0 amide bonds. The molecule has 3 aromatic heterocycles. The Balaban J connectivity index is 1.80. The molecule has 30 heavy (non-hydrogen) atoms. The molecule has 0 saturated carbocycles. The van der Waals surface area contributed by atoms with Crippen molar-refractivity contribution in [3.05, 3.63) is 60.0 Å². The van der Waals surface area contributed by atoms with E-state index in [-0.39, 0.29) is 24.2 Å². The maximum Gasteiger partial charge on any atom is 0.416 e. The number of imidazole rings is 1. The minimum Gasteiger partial charge on any atom is -0.396 e. The lowest BCUT2D eigenvalue weighted by molar-refractivity contribution is -0.138. The van der Waals surface area contributed by atoms with Crippen molar-refractivity contribution < 1.29 is 18.3 Å².